The van der Waals surface area contributed by atoms with Crippen molar-refractivity contribution in [3.8, 4) is 0 Å². The summed E-state index contributed by atoms with van der Waals surface area (Å²) in [7, 11) is 0. The van der Waals surface area contributed by atoms with Gasteiger partial charge in [0.05, 0.1) is 0 Å². The molecule has 2 aromatic rings. The predicted octanol–water partition coefficient (Wildman–Crippen LogP) is 5.26. The minimum absolute atomic E-state index is 0.0561. The molecular weight excluding hydrogens is 407 g/mol. The minimum Gasteiger partial charge on any atom is -0.352 e. The lowest BCUT2D eigenvalue weighted by Crippen LogP contribution is -2.49. The normalized spacial score (nSPS) is 12.9. The lowest BCUT2D eigenvalue weighted by molar-refractivity contribution is -0.140. The maximum Gasteiger partial charge on any atom is 0.242 e. The molecule has 0 saturated carbocycles. The number of hydrogen-bond acceptors (Lipinski definition) is 2. The van der Waals surface area contributed by atoms with E-state index in [1.54, 1.807) is 24.0 Å². The molecule has 0 aromatic heterocycles. The van der Waals surface area contributed by atoms with Crippen molar-refractivity contribution in [3.05, 3.63) is 69.7 Å². The van der Waals surface area contributed by atoms with E-state index < -0.39 is 6.04 Å². The fourth-order valence-electron chi connectivity index (χ4n) is 2.92. The second-order valence-corrected chi connectivity index (χ2v) is 8.08. The zero-order valence-corrected chi connectivity index (χ0v) is 18.6. The number of benzene rings is 2. The van der Waals surface area contributed by atoms with E-state index in [0.29, 0.717) is 23.0 Å². The number of rotatable bonds is 9. The summed E-state index contributed by atoms with van der Waals surface area (Å²) in [5.74, 6) is -0.244. The van der Waals surface area contributed by atoms with Crippen molar-refractivity contribution in [2.75, 3.05) is 0 Å². The van der Waals surface area contributed by atoms with Crippen LogP contribution in [-0.2, 0) is 22.6 Å². The van der Waals surface area contributed by atoms with Crippen LogP contribution < -0.4 is 5.32 Å². The zero-order valence-electron chi connectivity index (χ0n) is 17.1. The van der Waals surface area contributed by atoms with Crippen LogP contribution in [0.15, 0.2) is 48.5 Å². The van der Waals surface area contributed by atoms with Gasteiger partial charge in [0.15, 0.2) is 0 Å². The first-order valence-electron chi connectivity index (χ1n) is 9.89. The first-order valence-corrected chi connectivity index (χ1v) is 10.6. The zero-order chi connectivity index (χ0) is 21.4. The van der Waals surface area contributed by atoms with E-state index in [0.717, 1.165) is 17.5 Å². The third-order valence-corrected chi connectivity index (χ3v) is 5.62. The topological polar surface area (TPSA) is 49.4 Å². The third kappa shape index (κ3) is 7.06. The fourth-order valence-corrected chi connectivity index (χ4v) is 3.28. The van der Waals surface area contributed by atoms with Gasteiger partial charge < -0.3 is 10.2 Å². The molecule has 0 aliphatic heterocycles. The van der Waals surface area contributed by atoms with Crippen LogP contribution >= 0.6 is 23.2 Å². The number of aryl methyl sites for hydroxylation is 1. The summed E-state index contributed by atoms with van der Waals surface area (Å²) < 4.78 is 0. The van der Waals surface area contributed by atoms with Crippen LogP contribution in [0.25, 0.3) is 0 Å². The Morgan fingerprint density at radius 3 is 2.31 bits per heavy atom. The Labute approximate surface area is 183 Å². The van der Waals surface area contributed by atoms with Crippen molar-refractivity contribution in [3.63, 3.8) is 0 Å². The summed E-state index contributed by atoms with van der Waals surface area (Å²) >= 11 is 12.2. The molecule has 0 unspecified atom stereocenters. The summed E-state index contributed by atoms with van der Waals surface area (Å²) in [6.07, 6.45) is 1.63. The van der Waals surface area contributed by atoms with Gasteiger partial charge in [-0.25, -0.2) is 0 Å². The van der Waals surface area contributed by atoms with Gasteiger partial charge in [-0.05, 0) is 56.0 Å². The van der Waals surface area contributed by atoms with Crippen LogP contribution in [0.1, 0.15) is 44.7 Å². The van der Waals surface area contributed by atoms with Gasteiger partial charge in [-0.1, -0.05) is 60.5 Å². The van der Waals surface area contributed by atoms with Crippen LogP contribution in [0.5, 0.6) is 0 Å². The van der Waals surface area contributed by atoms with E-state index in [9.17, 15) is 9.59 Å². The van der Waals surface area contributed by atoms with E-state index in [4.69, 9.17) is 23.2 Å². The number of carbonyl (C=O) groups excluding carboxylic acids is 2. The van der Waals surface area contributed by atoms with Crippen molar-refractivity contribution in [2.24, 2.45) is 0 Å². The largest absolute Gasteiger partial charge is 0.352 e. The van der Waals surface area contributed by atoms with Crippen molar-refractivity contribution in [2.45, 2.75) is 58.7 Å². The van der Waals surface area contributed by atoms with E-state index >= 15 is 0 Å². The molecule has 6 heteroatoms. The average molecular weight is 435 g/mol. The maximum atomic E-state index is 13.1. The number of hydrogen-bond donors (Lipinski definition) is 1. The molecule has 2 rings (SSSR count). The SMILES string of the molecule is CC[C@@H](C)NC(=O)[C@@H](C)N(Cc1ccc(Cl)cc1)C(=O)CCc1ccccc1Cl. The second kappa shape index (κ2) is 11.2. The van der Waals surface area contributed by atoms with Crippen LogP contribution in [-0.4, -0.2) is 28.8 Å². The Morgan fingerprint density at radius 1 is 1.03 bits per heavy atom. The van der Waals surface area contributed by atoms with Gasteiger partial charge in [0.1, 0.15) is 6.04 Å². The fraction of sp³-hybridized carbons (Fsp3) is 0.391. The molecule has 0 heterocycles. The molecular formula is C23H28Cl2N2O2. The van der Waals surface area contributed by atoms with E-state index in [2.05, 4.69) is 5.32 Å². The highest BCUT2D eigenvalue weighted by Gasteiger charge is 2.26. The number of halogens is 2. The van der Waals surface area contributed by atoms with Crippen LogP contribution in [0.3, 0.4) is 0 Å². The van der Waals surface area contributed by atoms with Gasteiger partial charge >= 0.3 is 0 Å². The number of amides is 2. The molecule has 0 fully saturated rings. The Bertz CT molecular complexity index is 824. The monoisotopic (exact) mass is 434 g/mol. The molecule has 2 amide bonds. The lowest BCUT2D eigenvalue weighted by Gasteiger charge is -2.30. The summed E-state index contributed by atoms with van der Waals surface area (Å²) in [4.78, 5) is 27.4. The molecule has 2 aromatic carbocycles. The van der Waals surface area contributed by atoms with Crippen LogP contribution in [0.2, 0.25) is 10.0 Å². The van der Waals surface area contributed by atoms with E-state index in [-0.39, 0.29) is 24.3 Å². The molecule has 0 radical (unpaired) electrons. The van der Waals surface area contributed by atoms with Gasteiger partial charge in [0, 0.05) is 29.1 Å². The highest BCUT2D eigenvalue weighted by atomic mass is 35.5. The summed E-state index contributed by atoms with van der Waals surface area (Å²) in [5.41, 5.74) is 1.84. The summed E-state index contributed by atoms with van der Waals surface area (Å²) in [6, 6.07) is 14.3. The molecule has 2 atom stereocenters. The Hall–Kier alpha value is -2.04. The van der Waals surface area contributed by atoms with Gasteiger partial charge in [-0.3, -0.25) is 9.59 Å². The van der Waals surface area contributed by atoms with Gasteiger partial charge in [0.25, 0.3) is 0 Å². The van der Waals surface area contributed by atoms with Crippen molar-refractivity contribution < 1.29 is 9.59 Å². The smallest absolute Gasteiger partial charge is 0.242 e. The molecule has 29 heavy (non-hydrogen) atoms. The Balaban J connectivity index is 2.15. The second-order valence-electron chi connectivity index (χ2n) is 7.23. The molecule has 4 nitrogen and oxygen atoms in total. The standard InChI is InChI=1S/C23H28Cl2N2O2/c1-4-16(2)26-23(29)17(3)27(15-18-9-12-20(24)13-10-18)22(28)14-11-19-7-5-6-8-21(19)25/h5-10,12-13,16-17H,4,11,14-15H2,1-3H3,(H,26,29)/t16-,17-/m1/s1. The average Bonchev–Trinajstić information content (AvgIpc) is 2.71. The summed E-state index contributed by atoms with van der Waals surface area (Å²) in [5, 5.41) is 4.25. The van der Waals surface area contributed by atoms with E-state index in [1.807, 2.05) is 50.2 Å². The van der Waals surface area contributed by atoms with E-state index in [1.165, 1.54) is 0 Å². The predicted molar refractivity (Wildman–Crippen MR) is 119 cm³/mol. The summed E-state index contributed by atoms with van der Waals surface area (Å²) in [6.45, 7) is 6.07. The van der Waals surface area contributed by atoms with Crippen molar-refractivity contribution >= 4 is 35.0 Å². The Morgan fingerprint density at radius 2 is 1.69 bits per heavy atom. The van der Waals surface area contributed by atoms with Gasteiger partial charge in [-0.2, -0.15) is 0 Å². The number of nitrogens with one attached hydrogen (secondary N) is 1. The lowest BCUT2D eigenvalue weighted by atomic mass is 10.1. The highest BCUT2D eigenvalue weighted by molar-refractivity contribution is 6.31. The molecule has 0 aliphatic rings. The quantitative estimate of drug-likeness (QED) is 0.584. The van der Waals surface area contributed by atoms with Gasteiger partial charge in [-0.15, -0.1) is 0 Å². The molecule has 0 aliphatic carbocycles. The van der Waals surface area contributed by atoms with Crippen LogP contribution in [0.4, 0.5) is 0 Å². The first kappa shape index (κ1) is 23.2. The first-order chi connectivity index (χ1) is 13.8. The van der Waals surface area contributed by atoms with Crippen molar-refractivity contribution in [1.82, 2.24) is 10.2 Å². The molecule has 0 bridgehead atoms. The minimum atomic E-state index is -0.585. The van der Waals surface area contributed by atoms with Crippen LogP contribution in [0, 0.1) is 0 Å². The molecule has 0 spiro atoms. The molecule has 0 saturated heterocycles. The maximum absolute atomic E-state index is 13.1. The third-order valence-electron chi connectivity index (χ3n) is 5.00. The number of nitrogens with zero attached hydrogens (tertiary/aromatic N) is 1. The van der Waals surface area contributed by atoms with Crippen molar-refractivity contribution in [1.29, 1.82) is 0 Å². The van der Waals surface area contributed by atoms with Gasteiger partial charge in [0.2, 0.25) is 11.8 Å². The molecule has 1 N–H and O–H groups in total. The number of carbonyl (C=O) groups is 2. The highest BCUT2D eigenvalue weighted by Crippen LogP contribution is 2.19. The molecule has 156 valence electrons. The Kier molecular flexibility index (Phi) is 8.99.